The maximum absolute atomic E-state index is 12.5. The molecule has 0 bridgehead atoms. The number of carbonyl (C=O) groups excluding carboxylic acids is 2. The van der Waals surface area contributed by atoms with Crippen molar-refractivity contribution in [3.8, 4) is 11.8 Å². The largest absolute Gasteiger partial charge is 0.423 e. The van der Waals surface area contributed by atoms with Crippen LogP contribution in [0.2, 0.25) is 0 Å². The zero-order valence-corrected chi connectivity index (χ0v) is 18.1. The average Bonchev–Trinajstić information content (AvgIpc) is 2.84. The highest BCUT2D eigenvalue weighted by Gasteiger charge is 2.18. The first kappa shape index (κ1) is 24.3. The van der Waals surface area contributed by atoms with Crippen LogP contribution in [-0.2, 0) is 4.79 Å². The van der Waals surface area contributed by atoms with Crippen LogP contribution < -0.4 is 10.1 Å². The van der Waals surface area contributed by atoms with Crippen molar-refractivity contribution < 1.29 is 24.2 Å². The van der Waals surface area contributed by atoms with E-state index in [9.17, 15) is 35.1 Å². The summed E-state index contributed by atoms with van der Waals surface area (Å²) in [6.45, 7) is 1.67. The van der Waals surface area contributed by atoms with E-state index in [1.807, 2.05) is 0 Å². The summed E-state index contributed by atoms with van der Waals surface area (Å²) in [6, 6.07) is 16.9. The SMILES string of the molecule is Cc1ccc(NC(=O)/C(C#N)=C/c2ccc(OC(=O)c3cccc([N+](=O)[O-])c3)cc2)c([N+](=O)[O-])c1. The molecule has 3 rings (SSSR count). The summed E-state index contributed by atoms with van der Waals surface area (Å²) in [6.07, 6.45) is 1.27. The fraction of sp³-hybridized carbons (Fsp3) is 0.0417. The molecule has 3 aromatic rings. The summed E-state index contributed by atoms with van der Waals surface area (Å²) >= 11 is 0. The molecule has 0 spiro atoms. The van der Waals surface area contributed by atoms with E-state index < -0.39 is 21.7 Å². The predicted octanol–water partition coefficient (Wildman–Crippen LogP) is 4.58. The lowest BCUT2D eigenvalue weighted by atomic mass is 10.1. The van der Waals surface area contributed by atoms with Crippen molar-refractivity contribution >= 4 is 35.0 Å². The van der Waals surface area contributed by atoms with Crippen LogP contribution in [0.25, 0.3) is 6.08 Å². The van der Waals surface area contributed by atoms with Crippen LogP contribution >= 0.6 is 0 Å². The third-order valence-corrected chi connectivity index (χ3v) is 4.66. The number of ether oxygens (including phenoxy) is 1. The van der Waals surface area contributed by atoms with Crippen LogP contribution in [0.5, 0.6) is 5.75 Å². The molecular formula is C24H16N4O7. The molecule has 1 N–H and O–H groups in total. The van der Waals surface area contributed by atoms with Gasteiger partial charge in [-0.25, -0.2) is 4.79 Å². The third kappa shape index (κ3) is 6.11. The van der Waals surface area contributed by atoms with Gasteiger partial charge in [-0.1, -0.05) is 24.3 Å². The number of aryl methyl sites for hydroxylation is 1. The number of hydrogen-bond acceptors (Lipinski definition) is 8. The minimum Gasteiger partial charge on any atom is -0.423 e. The van der Waals surface area contributed by atoms with Gasteiger partial charge in [-0.15, -0.1) is 0 Å². The van der Waals surface area contributed by atoms with Crippen LogP contribution in [0.3, 0.4) is 0 Å². The summed E-state index contributed by atoms with van der Waals surface area (Å²) in [7, 11) is 0. The number of nitro benzene ring substituents is 2. The minimum atomic E-state index is -0.833. The van der Waals surface area contributed by atoms with E-state index in [1.54, 1.807) is 19.1 Å². The lowest BCUT2D eigenvalue weighted by Gasteiger charge is -2.07. The van der Waals surface area contributed by atoms with E-state index in [4.69, 9.17) is 4.74 Å². The number of rotatable bonds is 7. The van der Waals surface area contributed by atoms with Gasteiger partial charge in [0.15, 0.2) is 0 Å². The van der Waals surface area contributed by atoms with Gasteiger partial charge in [0, 0.05) is 18.2 Å². The van der Waals surface area contributed by atoms with Gasteiger partial charge >= 0.3 is 5.97 Å². The number of nitro groups is 2. The summed E-state index contributed by atoms with van der Waals surface area (Å²) in [5, 5.41) is 33.9. The molecule has 0 heterocycles. The van der Waals surface area contributed by atoms with Crippen LogP contribution in [0.15, 0.2) is 72.3 Å². The summed E-state index contributed by atoms with van der Waals surface area (Å²) < 4.78 is 5.20. The van der Waals surface area contributed by atoms with Gasteiger partial charge in [0.25, 0.3) is 17.3 Å². The monoisotopic (exact) mass is 472 g/mol. The van der Waals surface area contributed by atoms with Gasteiger partial charge in [-0.05, 0) is 48.4 Å². The lowest BCUT2D eigenvalue weighted by Crippen LogP contribution is -2.14. The van der Waals surface area contributed by atoms with Crippen molar-refractivity contribution in [2.24, 2.45) is 0 Å². The Morgan fingerprint density at radius 2 is 1.71 bits per heavy atom. The first-order valence-corrected chi connectivity index (χ1v) is 9.93. The molecule has 11 heteroatoms. The summed E-state index contributed by atoms with van der Waals surface area (Å²) in [5.74, 6) is -1.49. The van der Waals surface area contributed by atoms with Crippen LogP contribution in [0.4, 0.5) is 17.1 Å². The maximum Gasteiger partial charge on any atom is 0.343 e. The summed E-state index contributed by atoms with van der Waals surface area (Å²) in [4.78, 5) is 45.6. The molecule has 0 aliphatic heterocycles. The molecule has 11 nitrogen and oxygen atoms in total. The number of benzene rings is 3. The molecule has 0 radical (unpaired) electrons. The van der Waals surface area contributed by atoms with E-state index in [1.165, 1.54) is 60.7 Å². The van der Waals surface area contributed by atoms with Gasteiger partial charge in [0.2, 0.25) is 0 Å². The van der Waals surface area contributed by atoms with Crippen molar-refractivity contribution in [2.45, 2.75) is 6.92 Å². The average molecular weight is 472 g/mol. The van der Waals surface area contributed by atoms with Crippen molar-refractivity contribution in [3.05, 3.63) is 109 Å². The molecule has 0 saturated carbocycles. The van der Waals surface area contributed by atoms with Gasteiger partial charge in [-0.2, -0.15) is 5.26 Å². The zero-order valence-electron chi connectivity index (χ0n) is 18.1. The van der Waals surface area contributed by atoms with Crippen LogP contribution in [0, 0.1) is 38.5 Å². The van der Waals surface area contributed by atoms with E-state index >= 15 is 0 Å². The van der Waals surface area contributed by atoms with Gasteiger partial charge in [0.1, 0.15) is 23.1 Å². The van der Waals surface area contributed by atoms with Crippen molar-refractivity contribution in [2.75, 3.05) is 5.32 Å². The Hall–Kier alpha value is -5.37. The normalized spacial score (nSPS) is 10.7. The van der Waals surface area contributed by atoms with E-state index in [2.05, 4.69) is 5.32 Å². The number of non-ortho nitro benzene ring substituents is 1. The highest BCUT2D eigenvalue weighted by molar-refractivity contribution is 6.10. The molecule has 0 aliphatic carbocycles. The highest BCUT2D eigenvalue weighted by atomic mass is 16.6. The molecule has 174 valence electrons. The minimum absolute atomic E-state index is 0.00295. The Morgan fingerprint density at radius 3 is 2.34 bits per heavy atom. The number of nitrogens with one attached hydrogen (secondary N) is 1. The number of nitrogens with zero attached hydrogens (tertiary/aromatic N) is 3. The van der Waals surface area contributed by atoms with Gasteiger partial charge in [0.05, 0.1) is 15.4 Å². The van der Waals surface area contributed by atoms with Crippen molar-refractivity contribution in [1.82, 2.24) is 0 Å². The Morgan fingerprint density at radius 1 is 1.00 bits per heavy atom. The summed E-state index contributed by atoms with van der Waals surface area (Å²) in [5.41, 5.74) is 0.152. The molecule has 0 aliphatic rings. The topological polar surface area (TPSA) is 165 Å². The molecule has 0 atom stereocenters. The van der Waals surface area contributed by atoms with Crippen LogP contribution in [0.1, 0.15) is 21.5 Å². The number of carbonyl (C=O) groups is 2. The Labute approximate surface area is 198 Å². The van der Waals surface area contributed by atoms with E-state index in [0.29, 0.717) is 11.1 Å². The fourth-order valence-corrected chi connectivity index (χ4v) is 2.95. The molecule has 0 fully saturated rings. The second kappa shape index (κ2) is 10.5. The highest BCUT2D eigenvalue weighted by Crippen LogP contribution is 2.26. The first-order valence-electron chi connectivity index (χ1n) is 9.93. The molecule has 1 amide bonds. The molecular weight excluding hydrogens is 456 g/mol. The smallest absolute Gasteiger partial charge is 0.343 e. The van der Waals surface area contributed by atoms with Crippen LogP contribution in [-0.4, -0.2) is 21.7 Å². The van der Waals surface area contributed by atoms with Crippen molar-refractivity contribution in [3.63, 3.8) is 0 Å². The van der Waals surface area contributed by atoms with E-state index in [0.717, 1.165) is 6.07 Å². The zero-order chi connectivity index (χ0) is 25.5. The standard InChI is InChI=1S/C24H16N4O7/c1-15-5-10-21(22(11-15)28(33)34)26-23(29)18(14-25)12-16-6-8-20(9-7-16)35-24(30)17-3-2-4-19(13-17)27(31)32/h2-13H,1H3,(H,26,29)/b18-12+. The quantitative estimate of drug-likeness (QED) is 0.130. The Balaban J connectivity index is 1.73. The Kier molecular flexibility index (Phi) is 7.28. The first-order chi connectivity index (χ1) is 16.7. The number of hydrogen-bond donors (Lipinski definition) is 1. The van der Waals surface area contributed by atoms with Gasteiger partial charge in [-0.3, -0.25) is 25.0 Å². The maximum atomic E-state index is 12.5. The Bertz CT molecular complexity index is 1410. The van der Waals surface area contributed by atoms with Crippen molar-refractivity contribution in [1.29, 1.82) is 5.26 Å². The van der Waals surface area contributed by atoms with E-state index in [-0.39, 0.29) is 33.9 Å². The second-order valence-corrected chi connectivity index (χ2v) is 7.17. The number of amides is 1. The molecule has 0 unspecified atom stereocenters. The lowest BCUT2D eigenvalue weighted by molar-refractivity contribution is -0.384. The second-order valence-electron chi connectivity index (χ2n) is 7.17. The predicted molar refractivity (Wildman–Crippen MR) is 125 cm³/mol. The molecule has 3 aromatic carbocycles. The number of anilines is 1. The molecule has 0 aromatic heterocycles. The molecule has 35 heavy (non-hydrogen) atoms. The molecule has 0 saturated heterocycles. The number of esters is 1. The fourth-order valence-electron chi connectivity index (χ4n) is 2.95. The van der Waals surface area contributed by atoms with Gasteiger partial charge < -0.3 is 10.1 Å². The number of nitriles is 1. The third-order valence-electron chi connectivity index (χ3n) is 4.66.